The van der Waals surface area contributed by atoms with Crippen molar-refractivity contribution in [3.8, 4) is 0 Å². The second-order valence-electron chi connectivity index (χ2n) is 7.98. The zero-order valence-electron chi connectivity index (χ0n) is 17.1. The minimum absolute atomic E-state index is 0.0578. The topological polar surface area (TPSA) is 101 Å². The monoisotopic (exact) mass is 406 g/mol. The summed E-state index contributed by atoms with van der Waals surface area (Å²) >= 11 is 0. The minimum Gasteiger partial charge on any atom is -0.368 e. The molecule has 0 atom stereocenters. The molecule has 1 saturated carbocycles. The molecular weight excluding hydrogens is 380 g/mol. The molecule has 9 nitrogen and oxygen atoms in total. The van der Waals surface area contributed by atoms with Gasteiger partial charge in [0.1, 0.15) is 17.0 Å². The second kappa shape index (κ2) is 7.98. The van der Waals surface area contributed by atoms with Gasteiger partial charge < -0.3 is 15.5 Å². The second-order valence-corrected chi connectivity index (χ2v) is 7.98. The lowest BCUT2D eigenvalue weighted by Crippen LogP contribution is -2.43. The van der Waals surface area contributed by atoms with Gasteiger partial charge in [-0.2, -0.15) is 4.98 Å². The van der Waals surface area contributed by atoms with Crippen LogP contribution in [0.3, 0.4) is 0 Å². The number of aromatic nitrogens is 5. The maximum Gasteiger partial charge on any atom is 0.273 e. The van der Waals surface area contributed by atoms with E-state index in [1.54, 1.807) is 13.1 Å². The number of fused-ring (bicyclic) bond motifs is 1. The molecule has 4 heterocycles. The summed E-state index contributed by atoms with van der Waals surface area (Å²) in [4.78, 5) is 33.1. The average Bonchev–Trinajstić information content (AvgIpc) is 3.30. The molecule has 1 aliphatic heterocycles. The number of hydrogen-bond acceptors (Lipinski definition) is 8. The van der Waals surface area contributed by atoms with Crippen LogP contribution in [0.15, 0.2) is 29.3 Å². The first-order valence-electron chi connectivity index (χ1n) is 10.6. The minimum atomic E-state index is -0.0578. The van der Waals surface area contributed by atoms with Gasteiger partial charge in [-0.1, -0.05) is 12.8 Å². The number of nitrogens with zero attached hydrogens (tertiary/aromatic N) is 6. The summed E-state index contributed by atoms with van der Waals surface area (Å²) < 4.78 is 1.82. The summed E-state index contributed by atoms with van der Waals surface area (Å²) in [6, 6.07) is 4.17. The van der Waals surface area contributed by atoms with Crippen LogP contribution in [-0.2, 0) is 0 Å². The van der Waals surface area contributed by atoms with Gasteiger partial charge in [-0.15, -0.1) is 0 Å². The number of piperazine rings is 1. The molecule has 2 N–H and O–H groups in total. The Morgan fingerprint density at radius 3 is 2.60 bits per heavy atom. The lowest BCUT2D eigenvalue weighted by atomic mass is 10.2. The van der Waals surface area contributed by atoms with Gasteiger partial charge in [0.2, 0.25) is 5.95 Å². The van der Waals surface area contributed by atoms with Crippen molar-refractivity contribution in [3.63, 3.8) is 0 Å². The van der Waals surface area contributed by atoms with E-state index < -0.39 is 0 Å². The SMILES string of the molecule is Cc1nc2cnc(Nc3ccc(N4CCNCC4)cn3)nc2n(C2CCCC2)c1=O. The Hall–Kier alpha value is -3.07. The van der Waals surface area contributed by atoms with Crippen LogP contribution in [-0.4, -0.2) is 50.7 Å². The van der Waals surface area contributed by atoms with Crippen LogP contribution in [0.4, 0.5) is 17.5 Å². The van der Waals surface area contributed by atoms with Gasteiger partial charge in [-0.25, -0.2) is 15.0 Å². The Bertz CT molecular complexity index is 1100. The Balaban J connectivity index is 1.44. The van der Waals surface area contributed by atoms with E-state index in [9.17, 15) is 4.79 Å². The van der Waals surface area contributed by atoms with Crippen LogP contribution < -0.4 is 21.1 Å². The third-order valence-corrected chi connectivity index (χ3v) is 5.95. The van der Waals surface area contributed by atoms with Gasteiger partial charge in [0.05, 0.1) is 18.1 Å². The molecule has 0 amide bonds. The largest absolute Gasteiger partial charge is 0.368 e. The zero-order chi connectivity index (χ0) is 20.5. The Kier molecular flexibility index (Phi) is 5.04. The lowest BCUT2D eigenvalue weighted by Gasteiger charge is -2.29. The highest BCUT2D eigenvalue weighted by Gasteiger charge is 2.22. The summed E-state index contributed by atoms with van der Waals surface area (Å²) in [5.41, 5.74) is 2.77. The van der Waals surface area contributed by atoms with Crippen LogP contribution >= 0.6 is 0 Å². The predicted molar refractivity (Wildman–Crippen MR) is 116 cm³/mol. The van der Waals surface area contributed by atoms with E-state index in [4.69, 9.17) is 0 Å². The van der Waals surface area contributed by atoms with Crippen LogP contribution in [0.25, 0.3) is 11.2 Å². The van der Waals surface area contributed by atoms with Gasteiger partial charge in [0, 0.05) is 32.2 Å². The molecule has 0 radical (unpaired) electrons. The number of hydrogen-bond donors (Lipinski definition) is 2. The normalized spacial score (nSPS) is 17.6. The van der Waals surface area contributed by atoms with Crippen molar-refractivity contribution in [2.45, 2.75) is 38.6 Å². The number of aryl methyl sites for hydroxylation is 1. The van der Waals surface area contributed by atoms with Gasteiger partial charge in [-0.05, 0) is 31.9 Å². The van der Waals surface area contributed by atoms with Gasteiger partial charge in [0.15, 0.2) is 5.65 Å². The highest BCUT2D eigenvalue weighted by atomic mass is 16.1. The molecular formula is C21H26N8O. The van der Waals surface area contributed by atoms with Crippen molar-refractivity contribution in [1.29, 1.82) is 0 Å². The highest BCUT2D eigenvalue weighted by Crippen LogP contribution is 2.30. The first-order chi connectivity index (χ1) is 14.7. The van der Waals surface area contributed by atoms with E-state index in [2.05, 4.69) is 41.5 Å². The third-order valence-electron chi connectivity index (χ3n) is 5.95. The Morgan fingerprint density at radius 2 is 1.87 bits per heavy atom. The summed E-state index contributed by atoms with van der Waals surface area (Å²) in [7, 11) is 0. The fourth-order valence-electron chi connectivity index (χ4n) is 4.37. The number of pyridine rings is 1. The van der Waals surface area contributed by atoms with Gasteiger partial charge in [-0.3, -0.25) is 9.36 Å². The van der Waals surface area contributed by atoms with Gasteiger partial charge >= 0.3 is 0 Å². The van der Waals surface area contributed by atoms with Crippen LogP contribution in [0.2, 0.25) is 0 Å². The molecule has 2 fully saturated rings. The number of nitrogens with one attached hydrogen (secondary N) is 2. The predicted octanol–water partition coefficient (Wildman–Crippen LogP) is 2.16. The molecule has 0 spiro atoms. The Labute approximate surface area is 174 Å². The third kappa shape index (κ3) is 3.60. The van der Waals surface area contributed by atoms with Crippen molar-refractivity contribution in [2.24, 2.45) is 0 Å². The highest BCUT2D eigenvalue weighted by molar-refractivity contribution is 5.71. The van der Waals surface area contributed by atoms with E-state index in [0.29, 0.717) is 28.6 Å². The fourth-order valence-corrected chi connectivity index (χ4v) is 4.37. The summed E-state index contributed by atoms with van der Waals surface area (Å²) in [6.07, 6.45) is 7.82. The molecule has 0 bridgehead atoms. The molecule has 9 heteroatoms. The van der Waals surface area contributed by atoms with Crippen molar-refractivity contribution in [3.05, 3.63) is 40.6 Å². The Morgan fingerprint density at radius 1 is 1.07 bits per heavy atom. The summed E-state index contributed by atoms with van der Waals surface area (Å²) in [5, 5.41) is 6.53. The lowest BCUT2D eigenvalue weighted by molar-refractivity contribution is 0.511. The molecule has 0 aromatic carbocycles. The van der Waals surface area contributed by atoms with Gasteiger partial charge in [0.25, 0.3) is 5.56 Å². The maximum absolute atomic E-state index is 12.8. The average molecular weight is 406 g/mol. The number of anilines is 3. The molecule has 1 saturated heterocycles. The van der Waals surface area contributed by atoms with Crippen molar-refractivity contribution in [1.82, 2.24) is 29.8 Å². The smallest absolute Gasteiger partial charge is 0.273 e. The van der Waals surface area contributed by atoms with E-state index in [-0.39, 0.29) is 11.6 Å². The quantitative estimate of drug-likeness (QED) is 0.680. The zero-order valence-corrected chi connectivity index (χ0v) is 17.1. The van der Waals surface area contributed by atoms with E-state index >= 15 is 0 Å². The molecule has 5 rings (SSSR count). The van der Waals surface area contributed by atoms with Crippen molar-refractivity contribution >= 4 is 28.6 Å². The molecule has 2 aliphatic rings. The van der Waals surface area contributed by atoms with Crippen LogP contribution in [0.5, 0.6) is 0 Å². The van der Waals surface area contributed by atoms with E-state index in [1.165, 1.54) is 0 Å². The molecule has 3 aromatic rings. The van der Waals surface area contributed by atoms with E-state index in [1.807, 2.05) is 16.8 Å². The molecule has 1 aliphatic carbocycles. The van der Waals surface area contributed by atoms with Crippen LogP contribution in [0.1, 0.15) is 37.4 Å². The molecule has 156 valence electrons. The fraction of sp³-hybridized carbons (Fsp3) is 0.476. The first kappa shape index (κ1) is 18.9. The van der Waals surface area contributed by atoms with Crippen molar-refractivity contribution < 1.29 is 0 Å². The standard InChI is InChI=1S/C21H26N8O/c1-14-20(30)29(15-4-2-3-5-15)19-17(25-14)13-24-21(27-19)26-18-7-6-16(12-23-18)28-10-8-22-9-11-28/h6-7,12-13,15,22H,2-5,8-11H2,1H3,(H,23,24,26,27). The van der Waals surface area contributed by atoms with Crippen LogP contribution in [0, 0.1) is 6.92 Å². The van der Waals surface area contributed by atoms with E-state index in [0.717, 1.165) is 57.5 Å². The first-order valence-corrected chi connectivity index (χ1v) is 10.6. The summed E-state index contributed by atoms with van der Waals surface area (Å²) in [6.45, 7) is 5.69. The molecule has 3 aromatic heterocycles. The molecule has 30 heavy (non-hydrogen) atoms. The maximum atomic E-state index is 12.8. The summed E-state index contributed by atoms with van der Waals surface area (Å²) in [5.74, 6) is 1.09. The van der Waals surface area contributed by atoms with Crippen molar-refractivity contribution in [2.75, 3.05) is 36.4 Å². The number of rotatable bonds is 4. The molecule has 0 unspecified atom stereocenters.